The molecular formula is C15H29N9O3. The van der Waals surface area contributed by atoms with Gasteiger partial charge < -0.3 is 27.0 Å². The summed E-state index contributed by atoms with van der Waals surface area (Å²) in [4.78, 5) is 46.4. The zero-order valence-electron chi connectivity index (χ0n) is 15.9. The second kappa shape index (κ2) is 10.3. The van der Waals surface area contributed by atoms with Gasteiger partial charge in [-0.05, 0) is 12.8 Å². The molecule has 0 bridgehead atoms. The molecule has 0 aromatic heterocycles. The van der Waals surface area contributed by atoms with Crippen LogP contribution in [0.25, 0.3) is 0 Å². The lowest BCUT2D eigenvalue weighted by Gasteiger charge is -2.30. The van der Waals surface area contributed by atoms with Crippen LogP contribution in [0.5, 0.6) is 0 Å². The third kappa shape index (κ3) is 7.48. The number of aliphatic imine (C=N–C) groups is 2. The number of rotatable bonds is 7. The minimum atomic E-state index is -0.834. The van der Waals surface area contributed by atoms with Crippen LogP contribution in [0, 0.1) is 0 Å². The lowest BCUT2D eigenvalue weighted by Crippen LogP contribution is -2.58. The second-order valence-corrected chi connectivity index (χ2v) is 6.43. The van der Waals surface area contributed by atoms with Crippen LogP contribution in [-0.4, -0.2) is 85.9 Å². The summed E-state index contributed by atoms with van der Waals surface area (Å²) in [6.45, 7) is 0.550. The molecule has 1 aliphatic rings. The molecule has 0 fully saturated rings. The smallest absolute Gasteiger partial charge is 0.318 e. The molecule has 1 heterocycles. The van der Waals surface area contributed by atoms with Crippen molar-refractivity contribution in [2.75, 3.05) is 34.2 Å². The van der Waals surface area contributed by atoms with E-state index >= 15 is 0 Å². The molecular weight excluding hydrogens is 354 g/mol. The van der Waals surface area contributed by atoms with Crippen molar-refractivity contribution in [2.24, 2.45) is 27.2 Å². The van der Waals surface area contributed by atoms with Crippen LogP contribution in [0.15, 0.2) is 9.98 Å². The Morgan fingerprint density at radius 2 is 2.04 bits per heavy atom. The number of carbonyl (C=O) groups is 3. The molecule has 27 heavy (non-hydrogen) atoms. The Bertz CT molecular complexity index is 618. The molecule has 0 saturated carbocycles. The predicted octanol–water partition coefficient (Wildman–Crippen LogP) is -2.66. The fourth-order valence-corrected chi connectivity index (χ4v) is 2.32. The normalized spacial score (nSPS) is 18.2. The van der Waals surface area contributed by atoms with E-state index in [-0.39, 0.29) is 30.9 Å². The van der Waals surface area contributed by atoms with Gasteiger partial charge in [-0.1, -0.05) is 0 Å². The highest BCUT2D eigenvalue weighted by Crippen LogP contribution is 2.08. The van der Waals surface area contributed by atoms with E-state index in [1.165, 1.54) is 11.9 Å². The van der Waals surface area contributed by atoms with Crippen LogP contribution >= 0.6 is 0 Å². The zero-order valence-corrected chi connectivity index (χ0v) is 15.9. The Balaban J connectivity index is 2.45. The van der Waals surface area contributed by atoms with Gasteiger partial charge in [-0.3, -0.25) is 25.2 Å². The summed E-state index contributed by atoms with van der Waals surface area (Å²) in [6, 6.07) is -1.95. The van der Waals surface area contributed by atoms with Gasteiger partial charge in [0.15, 0.2) is 5.96 Å². The molecule has 0 aromatic carbocycles. The molecule has 12 heteroatoms. The number of urea groups is 1. The number of nitrogens with one attached hydrogen (secondary N) is 2. The summed E-state index contributed by atoms with van der Waals surface area (Å²) in [5.74, 6) is -0.306. The summed E-state index contributed by atoms with van der Waals surface area (Å²) in [6.07, 6.45) is 1.40. The molecule has 0 saturated heterocycles. The van der Waals surface area contributed by atoms with Gasteiger partial charge in [0.05, 0.1) is 6.54 Å². The van der Waals surface area contributed by atoms with Crippen LogP contribution in [0.4, 0.5) is 4.79 Å². The maximum Gasteiger partial charge on any atom is 0.318 e. The van der Waals surface area contributed by atoms with Crippen molar-refractivity contribution in [1.82, 2.24) is 20.4 Å². The van der Waals surface area contributed by atoms with Crippen molar-refractivity contribution in [3.05, 3.63) is 0 Å². The monoisotopic (exact) mass is 383 g/mol. The molecule has 1 aliphatic heterocycles. The van der Waals surface area contributed by atoms with Crippen molar-refractivity contribution in [3.8, 4) is 0 Å². The Morgan fingerprint density at radius 1 is 1.37 bits per heavy atom. The predicted molar refractivity (Wildman–Crippen MR) is 102 cm³/mol. The quantitative estimate of drug-likeness (QED) is 0.181. The highest BCUT2D eigenvalue weighted by Gasteiger charge is 2.31. The number of carbonyl (C=O) groups excluding carboxylic acids is 3. The first-order valence-corrected chi connectivity index (χ1v) is 8.52. The minimum absolute atomic E-state index is 0.0252. The van der Waals surface area contributed by atoms with Gasteiger partial charge in [-0.2, -0.15) is 0 Å². The highest BCUT2D eigenvalue weighted by molar-refractivity contribution is 6.07. The number of primary amides is 1. The third-order valence-corrected chi connectivity index (χ3v) is 3.97. The minimum Gasteiger partial charge on any atom is -0.370 e. The molecule has 0 spiro atoms. The Labute approximate surface area is 158 Å². The van der Waals surface area contributed by atoms with E-state index in [9.17, 15) is 14.4 Å². The Kier molecular flexibility index (Phi) is 8.45. The van der Waals surface area contributed by atoms with E-state index in [0.29, 0.717) is 25.3 Å². The van der Waals surface area contributed by atoms with Gasteiger partial charge in [0, 0.05) is 40.2 Å². The van der Waals surface area contributed by atoms with Gasteiger partial charge in [-0.15, -0.1) is 0 Å². The lowest BCUT2D eigenvalue weighted by molar-refractivity contribution is -0.138. The van der Waals surface area contributed by atoms with Crippen LogP contribution in [0.1, 0.15) is 19.3 Å². The van der Waals surface area contributed by atoms with Gasteiger partial charge in [0.25, 0.3) is 5.91 Å². The summed E-state index contributed by atoms with van der Waals surface area (Å²) in [5.41, 5.74) is 16.7. The van der Waals surface area contributed by atoms with E-state index in [4.69, 9.17) is 17.2 Å². The molecule has 152 valence electrons. The van der Waals surface area contributed by atoms with Crippen molar-refractivity contribution < 1.29 is 14.4 Å². The average Bonchev–Trinajstić information content (AvgIpc) is 2.57. The molecule has 1 rings (SSSR count). The fraction of sp³-hybridized carbons (Fsp3) is 0.667. The Morgan fingerprint density at radius 3 is 2.59 bits per heavy atom. The van der Waals surface area contributed by atoms with E-state index in [2.05, 4.69) is 20.6 Å². The van der Waals surface area contributed by atoms with Crippen LogP contribution in [-0.2, 0) is 9.59 Å². The van der Waals surface area contributed by atoms with Crippen LogP contribution in [0.2, 0.25) is 0 Å². The second-order valence-electron chi connectivity index (χ2n) is 6.43. The van der Waals surface area contributed by atoms with Crippen molar-refractivity contribution in [3.63, 3.8) is 0 Å². The maximum absolute atomic E-state index is 12.4. The van der Waals surface area contributed by atoms with Crippen LogP contribution in [0.3, 0.4) is 0 Å². The van der Waals surface area contributed by atoms with Gasteiger partial charge >= 0.3 is 6.03 Å². The maximum atomic E-state index is 12.4. The number of hydrogen-bond acceptors (Lipinski definition) is 6. The first-order chi connectivity index (χ1) is 12.6. The molecule has 0 aromatic rings. The number of nitrogens with zero attached hydrogens (tertiary/aromatic N) is 4. The zero-order chi connectivity index (χ0) is 20.6. The van der Waals surface area contributed by atoms with Gasteiger partial charge in [0.2, 0.25) is 11.9 Å². The van der Waals surface area contributed by atoms with E-state index < -0.39 is 18.0 Å². The number of guanidine groups is 2. The molecule has 0 radical (unpaired) electrons. The SMILES string of the molecule is CN(C)C(N)=NCCC[C@H](N)CC(=O)N(C)C1CN=C(NC(N)=O)NC1=O. The standard InChI is InChI=1S/C15H29N9O3/c1-23(2)13(17)19-6-4-5-9(16)7-11(25)24(3)10-8-20-15(21-12(10)26)22-14(18)27/h9-10H,4-8,16H2,1-3H3,(H2,17,19)(H4,18,20,21,22,26,27)/t9-,10?/m0/s1. The summed E-state index contributed by atoms with van der Waals surface area (Å²) in [5, 5.41) is 4.58. The first-order valence-electron chi connectivity index (χ1n) is 8.52. The number of likely N-dealkylation sites (N-methyl/N-ethyl adjacent to an activating group) is 1. The lowest BCUT2D eigenvalue weighted by atomic mass is 10.1. The molecule has 1 unspecified atom stereocenters. The van der Waals surface area contributed by atoms with Crippen molar-refractivity contribution in [2.45, 2.75) is 31.3 Å². The highest BCUT2D eigenvalue weighted by atomic mass is 16.2. The fourth-order valence-electron chi connectivity index (χ4n) is 2.32. The van der Waals surface area contributed by atoms with E-state index in [1.54, 1.807) is 19.0 Å². The molecule has 2 atom stereocenters. The average molecular weight is 383 g/mol. The molecule has 8 N–H and O–H groups in total. The van der Waals surface area contributed by atoms with Crippen LogP contribution < -0.4 is 27.8 Å². The summed E-state index contributed by atoms with van der Waals surface area (Å²) >= 11 is 0. The summed E-state index contributed by atoms with van der Waals surface area (Å²) < 4.78 is 0. The van der Waals surface area contributed by atoms with Gasteiger partial charge in [0.1, 0.15) is 6.04 Å². The van der Waals surface area contributed by atoms with E-state index in [0.717, 1.165) is 0 Å². The molecule has 12 nitrogen and oxygen atoms in total. The van der Waals surface area contributed by atoms with E-state index in [1.807, 2.05) is 0 Å². The largest absolute Gasteiger partial charge is 0.370 e. The number of hydrogen-bond donors (Lipinski definition) is 5. The first kappa shape index (κ1) is 22.2. The molecule has 0 aliphatic carbocycles. The van der Waals surface area contributed by atoms with Crippen molar-refractivity contribution >= 4 is 29.8 Å². The number of nitrogens with two attached hydrogens (primary N) is 3. The number of amides is 4. The summed E-state index contributed by atoms with van der Waals surface area (Å²) in [7, 11) is 5.12. The third-order valence-electron chi connectivity index (χ3n) is 3.97. The topological polar surface area (TPSA) is 185 Å². The molecule has 4 amide bonds. The van der Waals surface area contributed by atoms with Crippen molar-refractivity contribution in [1.29, 1.82) is 0 Å². The van der Waals surface area contributed by atoms with Gasteiger partial charge in [-0.25, -0.2) is 9.79 Å². The Hall–Kier alpha value is -2.89.